The van der Waals surface area contributed by atoms with E-state index in [1.807, 2.05) is 44.2 Å². The zero-order chi connectivity index (χ0) is 24.6. The second kappa shape index (κ2) is 11.8. The van der Waals surface area contributed by atoms with Crippen LogP contribution in [0.5, 0.6) is 0 Å². The summed E-state index contributed by atoms with van der Waals surface area (Å²) in [5, 5.41) is 2.85. The van der Waals surface area contributed by atoms with Crippen molar-refractivity contribution in [1.29, 1.82) is 0 Å². The van der Waals surface area contributed by atoms with Crippen molar-refractivity contribution in [2.24, 2.45) is 5.92 Å². The molecule has 7 nitrogen and oxygen atoms in total. The number of nitrogens with one attached hydrogen (secondary N) is 1. The molecule has 180 valence electrons. The molecule has 2 rings (SSSR count). The minimum Gasteiger partial charge on any atom is -0.354 e. The van der Waals surface area contributed by atoms with Gasteiger partial charge in [0.2, 0.25) is 21.8 Å². The van der Waals surface area contributed by atoms with Crippen LogP contribution in [0.4, 0.5) is 10.1 Å². The first kappa shape index (κ1) is 26.3. The number of halogens is 1. The molecule has 2 amide bonds. The van der Waals surface area contributed by atoms with Crippen LogP contribution in [0.1, 0.15) is 32.8 Å². The van der Waals surface area contributed by atoms with E-state index in [0.29, 0.717) is 13.0 Å². The quantitative estimate of drug-likeness (QED) is 0.539. The molecule has 0 saturated carbocycles. The Balaban J connectivity index is 2.40. The number of anilines is 1. The van der Waals surface area contributed by atoms with E-state index in [9.17, 15) is 22.4 Å². The molecular formula is C24H32FN3O4S. The number of amides is 2. The minimum atomic E-state index is -3.97. The monoisotopic (exact) mass is 477 g/mol. The molecule has 1 atom stereocenters. The number of hydrogen-bond acceptors (Lipinski definition) is 4. The fourth-order valence-electron chi connectivity index (χ4n) is 3.37. The third kappa shape index (κ3) is 7.56. The first-order valence-corrected chi connectivity index (χ1v) is 12.7. The molecule has 0 aliphatic rings. The Labute approximate surface area is 195 Å². The molecule has 33 heavy (non-hydrogen) atoms. The van der Waals surface area contributed by atoms with E-state index >= 15 is 0 Å². The topological polar surface area (TPSA) is 86.8 Å². The normalized spacial score (nSPS) is 12.3. The molecule has 0 aromatic heterocycles. The zero-order valence-corrected chi connectivity index (χ0v) is 20.3. The Morgan fingerprint density at radius 2 is 1.64 bits per heavy atom. The van der Waals surface area contributed by atoms with E-state index in [4.69, 9.17) is 0 Å². The molecule has 0 aliphatic heterocycles. The van der Waals surface area contributed by atoms with Crippen molar-refractivity contribution in [2.75, 3.05) is 23.7 Å². The van der Waals surface area contributed by atoms with E-state index in [1.54, 1.807) is 6.92 Å². The lowest BCUT2D eigenvalue weighted by Gasteiger charge is -2.33. The Morgan fingerprint density at radius 3 is 2.18 bits per heavy atom. The van der Waals surface area contributed by atoms with Gasteiger partial charge in [0.15, 0.2) is 0 Å². The largest absolute Gasteiger partial charge is 0.354 e. The van der Waals surface area contributed by atoms with Gasteiger partial charge in [-0.05, 0) is 30.0 Å². The van der Waals surface area contributed by atoms with Gasteiger partial charge in [0.05, 0.1) is 11.9 Å². The number of para-hydroxylation sites is 1. The van der Waals surface area contributed by atoms with Crippen molar-refractivity contribution in [3.63, 3.8) is 0 Å². The van der Waals surface area contributed by atoms with Crippen LogP contribution in [0, 0.1) is 11.7 Å². The van der Waals surface area contributed by atoms with E-state index < -0.39 is 34.3 Å². The standard InChI is InChI=1S/C24H32FN3O4S/c1-5-21(24(30)26-15-18(2)3)27(16-19-11-7-6-8-12-19)23(29)17-28(33(4,31)32)22-14-10-9-13-20(22)25/h6-14,18,21H,5,15-17H2,1-4H3,(H,26,30). The third-order valence-corrected chi connectivity index (χ3v) is 6.19. The Morgan fingerprint density at radius 1 is 1.03 bits per heavy atom. The van der Waals surface area contributed by atoms with Gasteiger partial charge in [-0.2, -0.15) is 0 Å². The lowest BCUT2D eigenvalue weighted by molar-refractivity contribution is -0.140. The summed E-state index contributed by atoms with van der Waals surface area (Å²) < 4.78 is 40.1. The second-order valence-corrected chi connectivity index (χ2v) is 10.2. The second-order valence-electron chi connectivity index (χ2n) is 8.29. The number of nitrogens with zero attached hydrogens (tertiary/aromatic N) is 2. The summed E-state index contributed by atoms with van der Waals surface area (Å²) in [6.45, 7) is 5.66. The number of rotatable bonds is 11. The van der Waals surface area contributed by atoms with Crippen LogP contribution in [0.15, 0.2) is 54.6 Å². The predicted octanol–water partition coefficient (Wildman–Crippen LogP) is 3.17. The van der Waals surface area contributed by atoms with Crippen LogP contribution in [0.2, 0.25) is 0 Å². The van der Waals surface area contributed by atoms with Crippen LogP contribution in [0.25, 0.3) is 0 Å². The summed E-state index contributed by atoms with van der Waals surface area (Å²) >= 11 is 0. The lowest BCUT2D eigenvalue weighted by Crippen LogP contribution is -2.52. The van der Waals surface area contributed by atoms with Crippen molar-refractivity contribution in [3.05, 3.63) is 66.0 Å². The van der Waals surface area contributed by atoms with Gasteiger partial charge >= 0.3 is 0 Å². The van der Waals surface area contributed by atoms with Crippen LogP contribution >= 0.6 is 0 Å². The minimum absolute atomic E-state index is 0.113. The average Bonchev–Trinajstić information content (AvgIpc) is 2.76. The van der Waals surface area contributed by atoms with E-state index in [1.165, 1.54) is 23.1 Å². The Hall–Kier alpha value is -2.94. The molecule has 1 unspecified atom stereocenters. The Bertz CT molecular complexity index is 1040. The highest BCUT2D eigenvalue weighted by molar-refractivity contribution is 7.92. The number of hydrogen-bond donors (Lipinski definition) is 1. The van der Waals surface area contributed by atoms with Crippen molar-refractivity contribution in [1.82, 2.24) is 10.2 Å². The van der Waals surface area contributed by atoms with E-state index in [2.05, 4.69) is 5.32 Å². The first-order chi connectivity index (χ1) is 15.5. The number of sulfonamides is 1. The van der Waals surface area contributed by atoms with Gasteiger partial charge in [-0.1, -0.05) is 63.2 Å². The number of carbonyl (C=O) groups excluding carboxylic acids is 2. The predicted molar refractivity (Wildman–Crippen MR) is 128 cm³/mol. The fraction of sp³-hybridized carbons (Fsp3) is 0.417. The fourth-order valence-corrected chi connectivity index (χ4v) is 4.22. The molecule has 0 fully saturated rings. The van der Waals surface area contributed by atoms with Crippen molar-refractivity contribution < 1.29 is 22.4 Å². The van der Waals surface area contributed by atoms with Gasteiger partial charge in [-0.3, -0.25) is 13.9 Å². The summed E-state index contributed by atoms with van der Waals surface area (Å²) in [4.78, 5) is 27.7. The highest BCUT2D eigenvalue weighted by atomic mass is 32.2. The van der Waals surface area contributed by atoms with Crippen LogP contribution in [0.3, 0.4) is 0 Å². The summed E-state index contributed by atoms with van der Waals surface area (Å²) in [5.74, 6) is -1.44. The van der Waals surface area contributed by atoms with Crippen LogP contribution in [-0.2, 0) is 26.2 Å². The molecule has 0 saturated heterocycles. The lowest BCUT2D eigenvalue weighted by atomic mass is 10.1. The summed E-state index contributed by atoms with van der Waals surface area (Å²) in [7, 11) is -3.97. The first-order valence-electron chi connectivity index (χ1n) is 10.9. The molecule has 2 aromatic carbocycles. The number of benzene rings is 2. The van der Waals surface area contributed by atoms with Gasteiger partial charge in [0, 0.05) is 13.1 Å². The van der Waals surface area contributed by atoms with Crippen molar-refractivity contribution >= 4 is 27.5 Å². The highest BCUT2D eigenvalue weighted by Crippen LogP contribution is 2.22. The Kier molecular flexibility index (Phi) is 9.40. The van der Waals surface area contributed by atoms with Gasteiger partial charge in [-0.15, -0.1) is 0 Å². The average molecular weight is 478 g/mol. The maximum Gasteiger partial charge on any atom is 0.244 e. The van der Waals surface area contributed by atoms with Gasteiger partial charge in [0.25, 0.3) is 0 Å². The van der Waals surface area contributed by atoms with E-state index in [-0.39, 0.29) is 24.1 Å². The molecule has 0 bridgehead atoms. The van der Waals surface area contributed by atoms with Crippen LogP contribution < -0.4 is 9.62 Å². The zero-order valence-electron chi connectivity index (χ0n) is 19.5. The van der Waals surface area contributed by atoms with Gasteiger partial charge in [0.1, 0.15) is 18.4 Å². The molecule has 0 radical (unpaired) electrons. The SMILES string of the molecule is CCC(C(=O)NCC(C)C)N(Cc1ccccc1)C(=O)CN(c1ccccc1F)S(C)(=O)=O. The van der Waals surface area contributed by atoms with E-state index in [0.717, 1.165) is 22.2 Å². The molecule has 0 aliphatic carbocycles. The molecule has 2 aromatic rings. The summed E-state index contributed by atoms with van der Waals surface area (Å²) in [6, 6.07) is 13.7. The molecule has 9 heteroatoms. The third-order valence-electron chi connectivity index (χ3n) is 5.07. The smallest absolute Gasteiger partial charge is 0.244 e. The van der Waals surface area contributed by atoms with Crippen LogP contribution in [-0.4, -0.2) is 50.5 Å². The summed E-state index contributed by atoms with van der Waals surface area (Å²) in [5.41, 5.74) is 0.572. The number of carbonyl (C=O) groups is 2. The summed E-state index contributed by atoms with van der Waals surface area (Å²) in [6.07, 6.45) is 1.25. The van der Waals surface area contributed by atoms with Crippen molar-refractivity contribution in [3.8, 4) is 0 Å². The maximum absolute atomic E-state index is 14.4. The molecule has 0 spiro atoms. The molecule has 1 N–H and O–H groups in total. The molecule has 0 heterocycles. The maximum atomic E-state index is 14.4. The molecular weight excluding hydrogens is 445 g/mol. The highest BCUT2D eigenvalue weighted by Gasteiger charge is 2.32. The van der Waals surface area contributed by atoms with Gasteiger partial charge in [-0.25, -0.2) is 12.8 Å². The van der Waals surface area contributed by atoms with Gasteiger partial charge < -0.3 is 10.2 Å². The van der Waals surface area contributed by atoms with Crippen molar-refractivity contribution in [2.45, 2.75) is 39.8 Å².